The number of hydrogen-bond acceptors (Lipinski definition) is 2. The first-order chi connectivity index (χ1) is 9.29. The number of nitriles is 1. The Kier molecular flexibility index (Phi) is 3.46. The van der Waals surface area contributed by atoms with Gasteiger partial charge in [0.2, 0.25) is 0 Å². The Hall–Kier alpha value is -1.49. The Bertz CT molecular complexity index is 500. The second-order valence-electron chi connectivity index (χ2n) is 6.02. The van der Waals surface area contributed by atoms with E-state index in [1.807, 2.05) is 0 Å². The summed E-state index contributed by atoms with van der Waals surface area (Å²) in [6.45, 7) is 3.29. The summed E-state index contributed by atoms with van der Waals surface area (Å²) < 4.78 is 0. The molecule has 0 aromatic heterocycles. The largest absolute Gasteiger partial charge is 0.367 e. The number of nitrogens with zero attached hydrogens (tertiary/aromatic N) is 2. The number of aryl methyl sites for hydroxylation is 2. The average molecular weight is 254 g/mol. The van der Waals surface area contributed by atoms with E-state index in [1.54, 1.807) is 0 Å². The van der Waals surface area contributed by atoms with Crippen molar-refractivity contribution in [1.29, 1.82) is 5.26 Å². The number of hydrogen-bond donors (Lipinski definition) is 0. The van der Waals surface area contributed by atoms with Gasteiger partial charge in [-0.2, -0.15) is 5.26 Å². The van der Waals surface area contributed by atoms with Crippen LogP contribution in [0.25, 0.3) is 0 Å². The van der Waals surface area contributed by atoms with Crippen molar-refractivity contribution in [3.63, 3.8) is 0 Å². The summed E-state index contributed by atoms with van der Waals surface area (Å²) in [5.74, 6) is 0.223. The van der Waals surface area contributed by atoms with E-state index in [-0.39, 0.29) is 5.92 Å². The van der Waals surface area contributed by atoms with Gasteiger partial charge in [0.1, 0.15) is 0 Å². The lowest BCUT2D eigenvalue weighted by molar-refractivity contribution is 0.343. The van der Waals surface area contributed by atoms with Gasteiger partial charge in [0, 0.05) is 18.3 Å². The Morgan fingerprint density at radius 3 is 2.89 bits per heavy atom. The number of rotatable bonds is 1. The fourth-order valence-corrected chi connectivity index (χ4v) is 3.73. The normalized spacial score (nSPS) is 26.6. The lowest BCUT2D eigenvalue weighted by Crippen LogP contribution is -2.44. The second-order valence-corrected chi connectivity index (χ2v) is 6.02. The van der Waals surface area contributed by atoms with Crippen molar-refractivity contribution in [2.45, 2.75) is 51.5 Å². The summed E-state index contributed by atoms with van der Waals surface area (Å²) in [5, 5.41) is 9.41. The Labute approximate surface area is 116 Å². The molecule has 19 heavy (non-hydrogen) atoms. The third kappa shape index (κ3) is 2.34. The van der Waals surface area contributed by atoms with Crippen LogP contribution in [0.4, 0.5) is 5.69 Å². The Balaban J connectivity index is 1.92. The van der Waals surface area contributed by atoms with Crippen molar-refractivity contribution < 1.29 is 0 Å². The zero-order valence-electron chi connectivity index (χ0n) is 11.7. The molecule has 1 fully saturated rings. The summed E-state index contributed by atoms with van der Waals surface area (Å²) >= 11 is 0. The highest BCUT2D eigenvalue weighted by Gasteiger charge is 2.32. The van der Waals surface area contributed by atoms with Gasteiger partial charge in [0.15, 0.2) is 0 Å². The molecular formula is C17H22N2. The van der Waals surface area contributed by atoms with Crippen LogP contribution in [0.5, 0.6) is 0 Å². The fourth-order valence-electron chi connectivity index (χ4n) is 3.73. The fraction of sp³-hybridized carbons (Fsp3) is 0.588. The predicted octanol–water partition coefficient (Wildman–Crippen LogP) is 3.83. The van der Waals surface area contributed by atoms with Gasteiger partial charge in [-0.15, -0.1) is 0 Å². The van der Waals surface area contributed by atoms with Crippen LogP contribution in [0.1, 0.15) is 43.2 Å². The summed E-state index contributed by atoms with van der Waals surface area (Å²) in [6, 6.07) is 9.80. The van der Waals surface area contributed by atoms with E-state index in [9.17, 15) is 5.26 Å². The van der Waals surface area contributed by atoms with E-state index in [2.05, 4.69) is 36.1 Å². The van der Waals surface area contributed by atoms with Crippen molar-refractivity contribution in [3.05, 3.63) is 29.3 Å². The topological polar surface area (TPSA) is 27.0 Å². The van der Waals surface area contributed by atoms with Crippen LogP contribution in [0.2, 0.25) is 0 Å². The van der Waals surface area contributed by atoms with Crippen LogP contribution in [0.3, 0.4) is 0 Å². The van der Waals surface area contributed by atoms with Gasteiger partial charge in [-0.3, -0.25) is 0 Å². The molecule has 1 saturated carbocycles. The van der Waals surface area contributed by atoms with Gasteiger partial charge in [-0.05, 0) is 44.2 Å². The van der Waals surface area contributed by atoms with Crippen molar-refractivity contribution in [2.75, 3.05) is 11.4 Å². The lowest BCUT2D eigenvalue weighted by Gasteiger charge is -2.42. The molecule has 0 bridgehead atoms. The molecule has 2 heteroatoms. The molecular weight excluding hydrogens is 232 g/mol. The minimum atomic E-state index is 0.223. The Morgan fingerprint density at radius 1 is 1.21 bits per heavy atom. The molecule has 2 nitrogen and oxygen atoms in total. The molecule has 0 spiro atoms. The lowest BCUT2D eigenvalue weighted by atomic mass is 9.83. The molecule has 0 radical (unpaired) electrons. The van der Waals surface area contributed by atoms with Crippen LogP contribution in [0.15, 0.2) is 18.2 Å². The van der Waals surface area contributed by atoms with Crippen LogP contribution in [-0.4, -0.2) is 12.6 Å². The Morgan fingerprint density at radius 2 is 2.05 bits per heavy atom. The molecule has 1 aliphatic carbocycles. The van der Waals surface area contributed by atoms with Gasteiger partial charge in [0.25, 0.3) is 0 Å². The SMILES string of the molecule is Cc1ccc2c(c1)CCCN2C1CCCCC1C#N. The molecule has 0 saturated heterocycles. The molecule has 1 heterocycles. The molecule has 100 valence electrons. The average Bonchev–Trinajstić information content (AvgIpc) is 2.46. The minimum Gasteiger partial charge on any atom is -0.367 e. The van der Waals surface area contributed by atoms with Crippen LogP contribution in [-0.2, 0) is 6.42 Å². The monoisotopic (exact) mass is 254 g/mol. The standard InChI is InChI=1S/C17H22N2/c1-13-8-9-17-14(11-13)6-4-10-19(17)16-7-3-2-5-15(16)12-18/h8-9,11,15-16H,2-7,10H2,1H3. The van der Waals surface area contributed by atoms with Crippen molar-refractivity contribution in [2.24, 2.45) is 5.92 Å². The predicted molar refractivity (Wildman–Crippen MR) is 78.2 cm³/mol. The highest BCUT2D eigenvalue weighted by atomic mass is 15.2. The van der Waals surface area contributed by atoms with Gasteiger partial charge in [-0.25, -0.2) is 0 Å². The minimum absolute atomic E-state index is 0.223. The zero-order chi connectivity index (χ0) is 13.2. The van der Waals surface area contributed by atoms with Gasteiger partial charge in [-0.1, -0.05) is 30.5 Å². The van der Waals surface area contributed by atoms with E-state index < -0.39 is 0 Å². The maximum absolute atomic E-state index is 9.41. The molecule has 0 amide bonds. The highest BCUT2D eigenvalue weighted by molar-refractivity contribution is 5.57. The van der Waals surface area contributed by atoms with Crippen LogP contribution >= 0.6 is 0 Å². The second kappa shape index (κ2) is 5.25. The van der Waals surface area contributed by atoms with E-state index in [4.69, 9.17) is 0 Å². The molecule has 2 atom stereocenters. The number of anilines is 1. The van der Waals surface area contributed by atoms with E-state index in [0.29, 0.717) is 6.04 Å². The van der Waals surface area contributed by atoms with Crippen molar-refractivity contribution in [1.82, 2.24) is 0 Å². The van der Waals surface area contributed by atoms with E-state index >= 15 is 0 Å². The molecule has 2 aliphatic rings. The molecule has 2 unspecified atom stereocenters. The quantitative estimate of drug-likeness (QED) is 0.761. The number of fused-ring (bicyclic) bond motifs is 1. The zero-order valence-corrected chi connectivity index (χ0v) is 11.7. The highest BCUT2D eigenvalue weighted by Crippen LogP contribution is 2.36. The molecule has 0 N–H and O–H groups in total. The summed E-state index contributed by atoms with van der Waals surface area (Å²) in [4.78, 5) is 2.53. The van der Waals surface area contributed by atoms with Crippen LogP contribution < -0.4 is 4.90 Å². The van der Waals surface area contributed by atoms with Gasteiger partial charge < -0.3 is 4.90 Å². The third-order valence-electron chi connectivity index (χ3n) is 4.69. The summed E-state index contributed by atoms with van der Waals surface area (Å²) in [7, 11) is 0. The third-order valence-corrected chi connectivity index (χ3v) is 4.69. The maximum Gasteiger partial charge on any atom is 0.0677 e. The van der Waals surface area contributed by atoms with Gasteiger partial charge in [0.05, 0.1) is 12.0 Å². The maximum atomic E-state index is 9.41. The molecule has 1 aromatic carbocycles. The van der Waals surface area contributed by atoms with Crippen molar-refractivity contribution >= 4 is 5.69 Å². The van der Waals surface area contributed by atoms with Crippen molar-refractivity contribution in [3.8, 4) is 6.07 Å². The summed E-state index contributed by atoms with van der Waals surface area (Å²) in [6.07, 6.45) is 7.19. The van der Waals surface area contributed by atoms with E-state index in [0.717, 1.165) is 13.0 Å². The van der Waals surface area contributed by atoms with E-state index in [1.165, 1.54) is 48.9 Å². The first-order valence-electron chi connectivity index (χ1n) is 7.55. The summed E-state index contributed by atoms with van der Waals surface area (Å²) in [5.41, 5.74) is 4.22. The first-order valence-corrected chi connectivity index (χ1v) is 7.55. The smallest absolute Gasteiger partial charge is 0.0677 e. The molecule has 1 aromatic rings. The first kappa shape index (κ1) is 12.5. The van der Waals surface area contributed by atoms with Gasteiger partial charge >= 0.3 is 0 Å². The molecule has 1 aliphatic heterocycles. The van der Waals surface area contributed by atoms with Crippen LogP contribution in [0, 0.1) is 24.2 Å². The number of benzene rings is 1. The molecule has 3 rings (SSSR count).